The molecule has 7 heteroatoms. The van der Waals surface area contributed by atoms with Gasteiger partial charge in [-0.2, -0.15) is 0 Å². The van der Waals surface area contributed by atoms with Crippen LogP contribution in [0.1, 0.15) is 46.4 Å². The van der Waals surface area contributed by atoms with Crippen LogP contribution < -0.4 is 10.2 Å². The first-order valence-electron chi connectivity index (χ1n) is 8.51. The van der Waals surface area contributed by atoms with Crippen LogP contribution in [0.5, 0.6) is 0 Å². The summed E-state index contributed by atoms with van der Waals surface area (Å²) in [6.07, 6.45) is 2.11. The van der Waals surface area contributed by atoms with E-state index in [0.29, 0.717) is 17.3 Å². The first-order valence-corrected chi connectivity index (χ1v) is 8.51. The summed E-state index contributed by atoms with van der Waals surface area (Å²) in [5, 5.41) is 2.73. The zero-order valence-electron chi connectivity index (χ0n) is 15.6. The maximum absolute atomic E-state index is 12.6. The molecule has 1 N–H and O–H groups in total. The van der Waals surface area contributed by atoms with Crippen LogP contribution in [0.4, 0.5) is 11.5 Å². The average Bonchev–Trinajstić information content (AvgIpc) is 2.65. The molecule has 2 aromatic rings. The smallest absolute Gasteiger partial charge is 0.339 e. The predicted molar refractivity (Wildman–Crippen MR) is 101 cm³/mol. The Hall–Kier alpha value is -2.96. The zero-order chi connectivity index (χ0) is 19.1. The Morgan fingerprint density at radius 2 is 1.96 bits per heavy atom. The number of nitrogens with one attached hydrogen (secondary N) is 1. The second kappa shape index (κ2) is 8.94. The van der Waals surface area contributed by atoms with E-state index >= 15 is 0 Å². The number of anilines is 2. The van der Waals surface area contributed by atoms with Crippen LogP contribution in [0.3, 0.4) is 0 Å². The number of esters is 1. The number of ether oxygens (including phenoxy) is 1. The zero-order valence-corrected chi connectivity index (χ0v) is 15.6. The molecule has 0 aliphatic heterocycles. The van der Waals surface area contributed by atoms with E-state index in [1.807, 2.05) is 11.9 Å². The lowest BCUT2D eigenvalue weighted by Gasteiger charge is -2.18. The molecular weight excluding hydrogens is 332 g/mol. The first-order chi connectivity index (χ1) is 12.5. The van der Waals surface area contributed by atoms with Crippen molar-refractivity contribution in [2.45, 2.75) is 26.7 Å². The number of methoxy groups -OCH3 is 1. The van der Waals surface area contributed by atoms with Gasteiger partial charge in [-0.05, 0) is 25.5 Å². The SMILES string of the molecule is CCCCN(C)c1cc(C(=O)Nc2ccccc2C(=O)OC)nc(C)n1. The molecule has 0 unspecified atom stereocenters. The molecule has 138 valence electrons. The highest BCUT2D eigenvalue weighted by Crippen LogP contribution is 2.18. The number of nitrogens with zero attached hydrogens (tertiary/aromatic N) is 3. The van der Waals surface area contributed by atoms with Gasteiger partial charge in [0, 0.05) is 19.7 Å². The Morgan fingerprint density at radius 3 is 2.65 bits per heavy atom. The van der Waals surface area contributed by atoms with Crippen molar-refractivity contribution < 1.29 is 14.3 Å². The van der Waals surface area contributed by atoms with E-state index in [2.05, 4.69) is 22.2 Å². The normalized spacial score (nSPS) is 10.3. The third-order valence-corrected chi connectivity index (χ3v) is 3.88. The average molecular weight is 356 g/mol. The third-order valence-electron chi connectivity index (χ3n) is 3.88. The van der Waals surface area contributed by atoms with Crippen molar-refractivity contribution in [1.29, 1.82) is 0 Å². The summed E-state index contributed by atoms with van der Waals surface area (Å²) in [7, 11) is 3.23. The molecule has 0 spiro atoms. The molecular formula is C19H24N4O3. The van der Waals surface area contributed by atoms with Crippen LogP contribution in [0.25, 0.3) is 0 Å². The highest BCUT2D eigenvalue weighted by molar-refractivity contribution is 6.07. The van der Waals surface area contributed by atoms with Gasteiger partial charge in [0.15, 0.2) is 0 Å². The summed E-state index contributed by atoms with van der Waals surface area (Å²) in [6, 6.07) is 8.33. The van der Waals surface area contributed by atoms with Crippen molar-refractivity contribution in [2.75, 3.05) is 30.9 Å². The Kier molecular flexibility index (Phi) is 6.66. The van der Waals surface area contributed by atoms with Gasteiger partial charge >= 0.3 is 5.97 Å². The van der Waals surface area contributed by atoms with Gasteiger partial charge in [-0.1, -0.05) is 25.5 Å². The summed E-state index contributed by atoms with van der Waals surface area (Å²) in [4.78, 5) is 35.1. The lowest BCUT2D eigenvalue weighted by Crippen LogP contribution is -2.22. The minimum atomic E-state index is -0.514. The number of amides is 1. The van der Waals surface area contributed by atoms with Crippen LogP contribution in [-0.2, 0) is 4.74 Å². The monoisotopic (exact) mass is 356 g/mol. The van der Waals surface area contributed by atoms with E-state index in [1.165, 1.54) is 7.11 Å². The second-order valence-electron chi connectivity index (χ2n) is 5.92. The number of aromatic nitrogens is 2. The molecule has 0 fully saturated rings. The molecule has 0 saturated carbocycles. The molecule has 26 heavy (non-hydrogen) atoms. The van der Waals surface area contributed by atoms with Crippen LogP contribution in [0, 0.1) is 6.92 Å². The number of unbranched alkanes of at least 4 members (excludes halogenated alkanes) is 1. The van der Waals surface area contributed by atoms with Crippen molar-refractivity contribution in [2.24, 2.45) is 0 Å². The fourth-order valence-corrected chi connectivity index (χ4v) is 2.44. The standard InChI is InChI=1S/C19H24N4O3/c1-5-6-11-23(3)17-12-16(20-13(2)21-17)18(24)22-15-10-8-7-9-14(15)19(25)26-4/h7-10,12H,5-6,11H2,1-4H3,(H,22,24). The van der Waals surface area contributed by atoms with Gasteiger partial charge in [0.2, 0.25) is 0 Å². The van der Waals surface area contributed by atoms with E-state index in [9.17, 15) is 9.59 Å². The van der Waals surface area contributed by atoms with Gasteiger partial charge < -0.3 is 15.0 Å². The maximum Gasteiger partial charge on any atom is 0.339 e. The minimum Gasteiger partial charge on any atom is -0.465 e. The Balaban J connectivity index is 2.25. The predicted octanol–water partition coefficient (Wildman–Crippen LogP) is 3.06. The molecule has 1 aromatic carbocycles. The van der Waals surface area contributed by atoms with Crippen LogP contribution >= 0.6 is 0 Å². The lowest BCUT2D eigenvalue weighted by atomic mass is 10.1. The fraction of sp³-hybridized carbons (Fsp3) is 0.368. The highest BCUT2D eigenvalue weighted by atomic mass is 16.5. The van der Waals surface area contributed by atoms with Gasteiger partial charge in [-0.25, -0.2) is 14.8 Å². The Morgan fingerprint density at radius 1 is 1.23 bits per heavy atom. The van der Waals surface area contributed by atoms with Crippen molar-refractivity contribution >= 4 is 23.4 Å². The van der Waals surface area contributed by atoms with Gasteiger partial charge in [0.1, 0.15) is 17.3 Å². The number of rotatable bonds is 7. The van der Waals surface area contributed by atoms with Crippen LogP contribution in [0.15, 0.2) is 30.3 Å². The molecule has 1 amide bonds. The molecule has 7 nitrogen and oxygen atoms in total. The largest absolute Gasteiger partial charge is 0.465 e. The summed E-state index contributed by atoms with van der Waals surface area (Å²) in [5.74, 6) is 0.284. The maximum atomic E-state index is 12.6. The molecule has 0 saturated heterocycles. The number of hydrogen-bond acceptors (Lipinski definition) is 6. The van der Waals surface area contributed by atoms with Crippen LogP contribution in [0.2, 0.25) is 0 Å². The molecule has 0 atom stereocenters. The van der Waals surface area contributed by atoms with Crippen LogP contribution in [-0.4, -0.2) is 42.5 Å². The molecule has 1 aromatic heterocycles. The van der Waals surface area contributed by atoms with E-state index < -0.39 is 11.9 Å². The number of para-hydroxylation sites is 1. The molecule has 0 radical (unpaired) electrons. The first kappa shape index (κ1) is 19.4. The number of carbonyl (C=O) groups is 2. The van der Waals surface area contributed by atoms with Crippen molar-refractivity contribution in [1.82, 2.24) is 9.97 Å². The molecule has 0 bridgehead atoms. The van der Waals surface area contributed by atoms with Gasteiger partial charge in [0.25, 0.3) is 5.91 Å². The van der Waals surface area contributed by atoms with E-state index in [4.69, 9.17) is 4.74 Å². The number of hydrogen-bond donors (Lipinski definition) is 1. The van der Waals surface area contributed by atoms with Crippen molar-refractivity contribution in [3.8, 4) is 0 Å². The molecule has 2 rings (SSSR count). The van der Waals surface area contributed by atoms with Gasteiger partial charge in [0.05, 0.1) is 18.4 Å². The van der Waals surface area contributed by atoms with Gasteiger partial charge in [-0.15, -0.1) is 0 Å². The minimum absolute atomic E-state index is 0.246. The summed E-state index contributed by atoms with van der Waals surface area (Å²) >= 11 is 0. The van der Waals surface area contributed by atoms with Gasteiger partial charge in [-0.3, -0.25) is 4.79 Å². The Bertz CT molecular complexity index is 792. The number of carbonyl (C=O) groups excluding carboxylic acids is 2. The fourth-order valence-electron chi connectivity index (χ4n) is 2.44. The number of aryl methyl sites for hydroxylation is 1. The number of benzene rings is 1. The van der Waals surface area contributed by atoms with Crippen molar-refractivity contribution in [3.05, 3.63) is 47.4 Å². The molecule has 1 heterocycles. The highest BCUT2D eigenvalue weighted by Gasteiger charge is 2.17. The quantitative estimate of drug-likeness (QED) is 0.768. The summed E-state index contributed by atoms with van der Waals surface area (Å²) < 4.78 is 4.75. The molecule has 0 aliphatic carbocycles. The Labute approximate surface area is 153 Å². The summed E-state index contributed by atoms with van der Waals surface area (Å²) in [5.41, 5.74) is 0.909. The topological polar surface area (TPSA) is 84.4 Å². The van der Waals surface area contributed by atoms with E-state index in [1.54, 1.807) is 37.3 Å². The second-order valence-corrected chi connectivity index (χ2v) is 5.92. The van der Waals surface area contributed by atoms with Crippen molar-refractivity contribution in [3.63, 3.8) is 0 Å². The molecule has 0 aliphatic rings. The van der Waals surface area contributed by atoms with E-state index in [-0.39, 0.29) is 11.3 Å². The lowest BCUT2D eigenvalue weighted by molar-refractivity contribution is 0.0602. The third kappa shape index (κ3) is 4.78. The summed E-state index contributed by atoms with van der Waals surface area (Å²) in [6.45, 7) is 4.71. The van der Waals surface area contributed by atoms with E-state index in [0.717, 1.165) is 19.4 Å².